The van der Waals surface area contributed by atoms with Crippen LogP contribution in [0.5, 0.6) is 0 Å². The van der Waals surface area contributed by atoms with Gasteiger partial charge in [-0.3, -0.25) is 4.79 Å². The van der Waals surface area contributed by atoms with Crippen LogP contribution in [-0.4, -0.2) is 89.6 Å². The highest BCUT2D eigenvalue weighted by Gasteiger charge is 2.44. The van der Waals surface area contributed by atoms with Gasteiger partial charge in [0.2, 0.25) is 0 Å². The van der Waals surface area contributed by atoms with E-state index in [0.717, 1.165) is 57.8 Å². The summed E-state index contributed by atoms with van der Waals surface area (Å²) in [4.78, 5) is 12.8. The van der Waals surface area contributed by atoms with Gasteiger partial charge in [0.1, 0.15) is 30.5 Å². The fraction of sp³-hybridized carbons (Fsp3) is 0.894. The molecule has 0 aliphatic carbocycles. The summed E-state index contributed by atoms with van der Waals surface area (Å²) in [5, 5.41) is 40.1. The van der Waals surface area contributed by atoms with E-state index in [4.69, 9.17) is 18.9 Å². The molecular weight excluding hydrogens is 709 g/mol. The Balaban J connectivity index is 2.23. The van der Waals surface area contributed by atoms with Gasteiger partial charge >= 0.3 is 5.97 Å². The van der Waals surface area contributed by atoms with Crippen molar-refractivity contribution in [2.75, 3.05) is 26.4 Å². The lowest BCUT2D eigenvalue weighted by molar-refractivity contribution is -0.305. The molecule has 1 heterocycles. The molecule has 0 bridgehead atoms. The average Bonchev–Trinajstić information content (AvgIpc) is 3.20. The first-order valence-corrected chi connectivity index (χ1v) is 23.4. The number of aliphatic hydroxyl groups excluding tert-OH is 4. The predicted octanol–water partition coefficient (Wildman–Crippen LogP) is 10.6. The second-order valence-electron chi connectivity index (χ2n) is 16.2. The number of allylic oxidation sites excluding steroid dienone is 4. The third-order valence-corrected chi connectivity index (χ3v) is 10.9. The molecule has 4 N–H and O–H groups in total. The van der Waals surface area contributed by atoms with Crippen molar-refractivity contribution in [1.82, 2.24) is 0 Å². The first-order valence-electron chi connectivity index (χ1n) is 23.4. The van der Waals surface area contributed by atoms with E-state index in [1.807, 2.05) is 0 Å². The zero-order chi connectivity index (χ0) is 40.7. The van der Waals surface area contributed by atoms with Crippen molar-refractivity contribution in [3.63, 3.8) is 0 Å². The van der Waals surface area contributed by atoms with Crippen molar-refractivity contribution in [1.29, 1.82) is 0 Å². The van der Waals surface area contributed by atoms with Crippen LogP contribution in [0.15, 0.2) is 24.3 Å². The van der Waals surface area contributed by atoms with E-state index < -0.39 is 43.4 Å². The van der Waals surface area contributed by atoms with Crippen molar-refractivity contribution >= 4 is 5.97 Å². The highest BCUT2D eigenvalue weighted by Crippen LogP contribution is 2.23. The Bertz CT molecular complexity index is 910. The standard InChI is InChI=1S/C47H88O9/c1-3-5-7-9-11-13-15-17-19-20-21-22-23-24-26-28-30-32-34-36-43(49)55-41(40-54-47-46(52)45(51)44(50)42(38-48)56-47)39-53-37-35-33-31-29-27-25-18-16-14-12-10-8-6-4-2/h8,10,14,16,41-42,44-48,50-52H,3-7,9,11-13,15,17-40H2,1-2H3/b10-8-,16-14-. The van der Waals surface area contributed by atoms with Gasteiger partial charge < -0.3 is 39.4 Å². The van der Waals surface area contributed by atoms with Gasteiger partial charge in [-0.1, -0.05) is 186 Å². The molecule has 0 aromatic rings. The molecule has 6 unspecified atom stereocenters. The lowest BCUT2D eigenvalue weighted by Crippen LogP contribution is -2.59. The fourth-order valence-electron chi connectivity index (χ4n) is 7.18. The second-order valence-corrected chi connectivity index (χ2v) is 16.2. The first kappa shape index (κ1) is 52.7. The molecule has 0 aromatic heterocycles. The van der Waals surface area contributed by atoms with Crippen LogP contribution in [0.1, 0.15) is 206 Å². The smallest absolute Gasteiger partial charge is 0.306 e. The monoisotopic (exact) mass is 797 g/mol. The number of rotatable bonds is 40. The zero-order valence-corrected chi connectivity index (χ0v) is 36.1. The van der Waals surface area contributed by atoms with Crippen molar-refractivity contribution in [2.24, 2.45) is 0 Å². The number of ether oxygens (including phenoxy) is 4. The third kappa shape index (κ3) is 29.8. The van der Waals surface area contributed by atoms with Crippen LogP contribution in [0.4, 0.5) is 0 Å². The van der Waals surface area contributed by atoms with E-state index in [2.05, 4.69) is 38.2 Å². The van der Waals surface area contributed by atoms with Gasteiger partial charge in [0.25, 0.3) is 0 Å². The van der Waals surface area contributed by atoms with Crippen LogP contribution in [0.2, 0.25) is 0 Å². The number of hydrogen-bond acceptors (Lipinski definition) is 9. The molecular formula is C47H88O9. The van der Waals surface area contributed by atoms with Crippen molar-refractivity contribution in [2.45, 2.75) is 243 Å². The molecule has 0 amide bonds. The third-order valence-electron chi connectivity index (χ3n) is 10.9. The van der Waals surface area contributed by atoms with E-state index in [1.165, 1.54) is 128 Å². The van der Waals surface area contributed by atoms with Crippen molar-refractivity contribution < 1.29 is 44.2 Å². The molecule has 9 nitrogen and oxygen atoms in total. The maximum absolute atomic E-state index is 12.8. The summed E-state index contributed by atoms with van der Waals surface area (Å²) in [5.41, 5.74) is 0. The largest absolute Gasteiger partial charge is 0.457 e. The Morgan fingerprint density at radius 3 is 1.61 bits per heavy atom. The minimum Gasteiger partial charge on any atom is -0.457 e. The molecule has 1 saturated heterocycles. The predicted molar refractivity (Wildman–Crippen MR) is 229 cm³/mol. The van der Waals surface area contributed by atoms with E-state index in [9.17, 15) is 25.2 Å². The molecule has 6 atom stereocenters. The molecule has 1 fully saturated rings. The lowest BCUT2D eigenvalue weighted by atomic mass is 9.99. The minimum absolute atomic E-state index is 0.114. The van der Waals surface area contributed by atoms with Gasteiger partial charge in [-0.15, -0.1) is 0 Å². The summed E-state index contributed by atoms with van der Waals surface area (Å²) in [6.45, 7) is 4.50. The highest BCUT2D eigenvalue weighted by molar-refractivity contribution is 5.69. The van der Waals surface area contributed by atoms with Gasteiger partial charge in [0, 0.05) is 13.0 Å². The Labute approximate surface area is 343 Å². The van der Waals surface area contributed by atoms with Gasteiger partial charge in [-0.25, -0.2) is 0 Å². The number of hydrogen-bond donors (Lipinski definition) is 4. The zero-order valence-electron chi connectivity index (χ0n) is 36.1. The number of aliphatic hydroxyl groups is 4. The fourth-order valence-corrected chi connectivity index (χ4v) is 7.18. The SMILES string of the molecule is CCC/C=C\C/C=C\CCCCCCCCOCC(COC1OC(CO)C(O)C(O)C1O)OC(=O)CCCCCCCCCCCCCCCCCCCCC. The molecule has 56 heavy (non-hydrogen) atoms. The summed E-state index contributed by atoms with van der Waals surface area (Å²) in [6.07, 6.45) is 37.8. The topological polar surface area (TPSA) is 135 Å². The maximum atomic E-state index is 12.8. The van der Waals surface area contributed by atoms with Crippen LogP contribution in [0.3, 0.4) is 0 Å². The van der Waals surface area contributed by atoms with E-state index in [0.29, 0.717) is 13.0 Å². The van der Waals surface area contributed by atoms with Crippen LogP contribution in [0.25, 0.3) is 0 Å². The number of carbonyl (C=O) groups is 1. The van der Waals surface area contributed by atoms with Gasteiger partial charge in [0.15, 0.2) is 6.29 Å². The van der Waals surface area contributed by atoms with E-state index in [-0.39, 0.29) is 19.2 Å². The van der Waals surface area contributed by atoms with Crippen LogP contribution in [0, 0.1) is 0 Å². The minimum atomic E-state index is -1.54. The van der Waals surface area contributed by atoms with Gasteiger partial charge in [-0.2, -0.15) is 0 Å². The van der Waals surface area contributed by atoms with Crippen LogP contribution in [-0.2, 0) is 23.7 Å². The number of carbonyl (C=O) groups excluding carboxylic acids is 1. The van der Waals surface area contributed by atoms with Crippen molar-refractivity contribution in [3.05, 3.63) is 24.3 Å². The summed E-state index contributed by atoms with van der Waals surface area (Å²) in [6, 6.07) is 0. The molecule has 1 aliphatic rings. The van der Waals surface area contributed by atoms with Gasteiger partial charge in [-0.05, 0) is 38.5 Å². The highest BCUT2D eigenvalue weighted by atomic mass is 16.7. The Morgan fingerprint density at radius 1 is 0.571 bits per heavy atom. The number of unbranched alkanes of at least 4 members (excludes halogenated alkanes) is 25. The quantitative estimate of drug-likeness (QED) is 0.0271. The van der Waals surface area contributed by atoms with Crippen LogP contribution < -0.4 is 0 Å². The summed E-state index contributed by atoms with van der Waals surface area (Å²) in [5.74, 6) is -0.314. The molecule has 1 aliphatic heterocycles. The van der Waals surface area contributed by atoms with Crippen LogP contribution >= 0.6 is 0 Å². The van der Waals surface area contributed by atoms with Gasteiger partial charge in [0.05, 0.1) is 19.8 Å². The van der Waals surface area contributed by atoms with E-state index in [1.54, 1.807) is 0 Å². The Morgan fingerprint density at radius 2 is 1.07 bits per heavy atom. The van der Waals surface area contributed by atoms with E-state index >= 15 is 0 Å². The summed E-state index contributed by atoms with van der Waals surface area (Å²) < 4.78 is 22.8. The molecule has 1 rings (SSSR count). The molecule has 0 aromatic carbocycles. The Kier molecular flexibility index (Phi) is 36.8. The average molecular weight is 797 g/mol. The summed E-state index contributed by atoms with van der Waals surface area (Å²) >= 11 is 0. The molecule has 0 spiro atoms. The second kappa shape index (κ2) is 39.1. The maximum Gasteiger partial charge on any atom is 0.306 e. The molecule has 0 radical (unpaired) electrons. The molecule has 330 valence electrons. The summed E-state index contributed by atoms with van der Waals surface area (Å²) in [7, 11) is 0. The molecule has 9 heteroatoms. The number of esters is 1. The lowest BCUT2D eigenvalue weighted by Gasteiger charge is -2.39. The first-order chi connectivity index (χ1) is 27.4. The van der Waals surface area contributed by atoms with Crippen molar-refractivity contribution in [3.8, 4) is 0 Å². The Hall–Kier alpha value is -1.33. The normalized spacial score (nSPS) is 20.7. The molecule has 0 saturated carbocycles.